The molecule has 2 N–H and O–H groups in total. The molecule has 3 heterocycles. The van der Waals surface area contributed by atoms with E-state index < -0.39 is 0 Å². The van der Waals surface area contributed by atoms with Crippen LogP contribution in [-0.4, -0.2) is 71.2 Å². The van der Waals surface area contributed by atoms with Gasteiger partial charge in [0.05, 0.1) is 37.1 Å². The Bertz CT molecular complexity index is 511. The van der Waals surface area contributed by atoms with Gasteiger partial charge in [-0.1, -0.05) is 0 Å². The minimum absolute atomic E-state index is 0.101. The Morgan fingerprint density at radius 1 is 1.45 bits per heavy atom. The van der Waals surface area contributed by atoms with Crippen molar-refractivity contribution in [3.8, 4) is 0 Å². The summed E-state index contributed by atoms with van der Waals surface area (Å²) in [5, 5.41) is 16.8. The van der Waals surface area contributed by atoms with Crippen molar-refractivity contribution in [2.45, 2.75) is 31.5 Å². The molecule has 2 saturated heterocycles. The number of hydrogen-bond acceptors (Lipinski definition) is 5. The Balaban J connectivity index is 1.49. The number of carbonyl (C=O) groups is 1. The fourth-order valence-corrected chi connectivity index (χ4v) is 3.34. The summed E-state index contributed by atoms with van der Waals surface area (Å²) in [4.78, 5) is 13.9. The number of nitrogens with one attached hydrogen (secondary N) is 1. The number of likely N-dealkylation sites (tertiary alicyclic amines) is 1. The molecule has 1 amide bonds. The normalized spacial score (nSPS) is 27.2. The second-order valence-electron chi connectivity index (χ2n) is 6.18. The first kappa shape index (κ1) is 15.5. The Morgan fingerprint density at radius 2 is 2.23 bits per heavy atom. The molecule has 0 bridgehead atoms. The first-order valence-corrected chi connectivity index (χ1v) is 7.91. The Morgan fingerprint density at radius 3 is 2.86 bits per heavy atom. The van der Waals surface area contributed by atoms with Gasteiger partial charge in [-0.15, -0.1) is 0 Å². The third-order valence-electron chi connectivity index (χ3n) is 4.71. The number of piperidine rings is 1. The highest BCUT2D eigenvalue weighted by Crippen LogP contribution is 2.23. The van der Waals surface area contributed by atoms with Crippen LogP contribution in [-0.2, 0) is 11.3 Å². The predicted molar refractivity (Wildman–Crippen MR) is 80.5 cm³/mol. The van der Waals surface area contributed by atoms with Crippen LogP contribution in [0.15, 0.2) is 12.4 Å². The number of aliphatic hydroxyl groups excluding tert-OH is 1. The Kier molecular flexibility index (Phi) is 4.75. The van der Waals surface area contributed by atoms with Gasteiger partial charge in [-0.25, -0.2) is 0 Å². The molecule has 2 atom stereocenters. The molecule has 1 aromatic rings. The Labute approximate surface area is 130 Å². The lowest BCUT2D eigenvalue weighted by molar-refractivity contribution is 0.0559. The molecule has 22 heavy (non-hydrogen) atoms. The quantitative estimate of drug-likeness (QED) is 0.799. The molecule has 0 aromatic carbocycles. The monoisotopic (exact) mass is 308 g/mol. The van der Waals surface area contributed by atoms with Crippen LogP contribution in [0.2, 0.25) is 0 Å². The van der Waals surface area contributed by atoms with E-state index in [0.29, 0.717) is 24.7 Å². The van der Waals surface area contributed by atoms with Crippen LogP contribution >= 0.6 is 0 Å². The van der Waals surface area contributed by atoms with Gasteiger partial charge in [0.2, 0.25) is 0 Å². The van der Waals surface area contributed by atoms with Gasteiger partial charge >= 0.3 is 0 Å². The summed E-state index contributed by atoms with van der Waals surface area (Å²) >= 11 is 0. The van der Waals surface area contributed by atoms with E-state index in [0.717, 1.165) is 32.5 Å². The predicted octanol–water partition coefficient (Wildman–Crippen LogP) is -0.286. The number of nitrogens with zero attached hydrogens (tertiary/aromatic N) is 3. The first-order chi connectivity index (χ1) is 10.7. The average molecular weight is 308 g/mol. The van der Waals surface area contributed by atoms with E-state index in [4.69, 9.17) is 4.74 Å². The highest BCUT2D eigenvalue weighted by atomic mass is 16.5. The summed E-state index contributed by atoms with van der Waals surface area (Å²) in [6, 6.07) is 0.158. The average Bonchev–Trinajstić information content (AvgIpc) is 3.16. The van der Waals surface area contributed by atoms with Crippen molar-refractivity contribution in [2.24, 2.45) is 5.92 Å². The smallest absolute Gasteiger partial charge is 0.254 e. The largest absolute Gasteiger partial charge is 0.389 e. The van der Waals surface area contributed by atoms with Crippen LogP contribution in [0, 0.1) is 5.92 Å². The fraction of sp³-hybridized carbons (Fsp3) is 0.733. The maximum Gasteiger partial charge on any atom is 0.254 e. The SMILES string of the molecule is CNC(=O)c1cnn(CC2CCN([C@H]3COC[C@@H]3O)CC2)c1. The summed E-state index contributed by atoms with van der Waals surface area (Å²) in [6.07, 6.45) is 5.23. The lowest BCUT2D eigenvalue weighted by Gasteiger charge is -2.36. The molecule has 1 aromatic heterocycles. The van der Waals surface area contributed by atoms with Gasteiger partial charge in [0.15, 0.2) is 0 Å². The molecule has 0 unspecified atom stereocenters. The molecule has 0 saturated carbocycles. The summed E-state index contributed by atoms with van der Waals surface area (Å²) in [6.45, 7) is 3.91. The van der Waals surface area contributed by atoms with Crippen LogP contribution in [0.5, 0.6) is 0 Å². The number of aliphatic hydroxyl groups is 1. The summed E-state index contributed by atoms with van der Waals surface area (Å²) in [5.41, 5.74) is 0.603. The van der Waals surface area contributed by atoms with Crippen molar-refractivity contribution in [1.29, 1.82) is 0 Å². The molecular formula is C15H24N4O3. The second kappa shape index (κ2) is 6.76. The number of aromatic nitrogens is 2. The number of ether oxygens (including phenoxy) is 1. The molecule has 122 valence electrons. The zero-order valence-corrected chi connectivity index (χ0v) is 12.9. The summed E-state index contributed by atoms with van der Waals surface area (Å²) in [7, 11) is 1.62. The van der Waals surface area contributed by atoms with Crippen molar-refractivity contribution < 1.29 is 14.6 Å². The molecule has 0 spiro atoms. The maximum atomic E-state index is 11.5. The van der Waals surface area contributed by atoms with Crippen LogP contribution < -0.4 is 5.32 Å². The standard InChI is InChI=1S/C15H24N4O3/c1-16-15(21)12-6-17-19(8-12)7-11-2-4-18(5-3-11)13-9-22-10-14(13)20/h6,8,11,13-14,20H,2-5,7,9-10H2,1H3,(H,16,21)/t13-,14-/m0/s1. The van der Waals surface area contributed by atoms with Gasteiger partial charge in [0, 0.05) is 19.8 Å². The third kappa shape index (κ3) is 3.31. The van der Waals surface area contributed by atoms with Gasteiger partial charge in [0.1, 0.15) is 0 Å². The molecule has 2 aliphatic rings. The van der Waals surface area contributed by atoms with E-state index in [-0.39, 0.29) is 18.1 Å². The maximum absolute atomic E-state index is 11.5. The van der Waals surface area contributed by atoms with Crippen LogP contribution in [0.1, 0.15) is 23.2 Å². The number of amides is 1. The highest BCUT2D eigenvalue weighted by molar-refractivity contribution is 5.93. The topological polar surface area (TPSA) is 79.6 Å². The molecule has 2 aliphatic heterocycles. The number of rotatable bonds is 4. The number of hydrogen-bond donors (Lipinski definition) is 2. The van der Waals surface area contributed by atoms with Crippen molar-refractivity contribution in [3.63, 3.8) is 0 Å². The van der Waals surface area contributed by atoms with Gasteiger partial charge in [0.25, 0.3) is 5.91 Å². The van der Waals surface area contributed by atoms with Gasteiger partial charge in [-0.3, -0.25) is 14.4 Å². The Hall–Kier alpha value is -1.44. The van der Waals surface area contributed by atoms with Crippen LogP contribution in [0.25, 0.3) is 0 Å². The number of carbonyl (C=O) groups excluding carboxylic acids is 1. The van der Waals surface area contributed by atoms with Crippen LogP contribution in [0.3, 0.4) is 0 Å². The van der Waals surface area contributed by atoms with Crippen molar-refractivity contribution in [3.05, 3.63) is 18.0 Å². The molecular weight excluding hydrogens is 284 g/mol. The van der Waals surface area contributed by atoms with E-state index in [9.17, 15) is 9.90 Å². The molecule has 3 rings (SSSR count). The van der Waals surface area contributed by atoms with Crippen LogP contribution in [0.4, 0.5) is 0 Å². The highest BCUT2D eigenvalue weighted by Gasteiger charge is 2.33. The summed E-state index contributed by atoms with van der Waals surface area (Å²) in [5.74, 6) is 0.462. The van der Waals surface area contributed by atoms with Gasteiger partial charge in [-0.05, 0) is 31.8 Å². The molecule has 0 aliphatic carbocycles. The molecule has 2 fully saturated rings. The van der Waals surface area contributed by atoms with Gasteiger partial charge < -0.3 is 15.2 Å². The van der Waals surface area contributed by atoms with Crippen molar-refractivity contribution in [2.75, 3.05) is 33.4 Å². The van der Waals surface area contributed by atoms with E-state index >= 15 is 0 Å². The van der Waals surface area contributed by atoms with Gasteiger partial charge in [-0.2, -0.15) is 5.10 Å². The van der Waals surface area contributed by atoms with E-state index in [1.54, 1.807) is 19.4 Å². The van der Waals surface area contributed by atoms with Crippen molar-refractivity contribution >= 4 is 5.91 Å². The zero-order chi connectivity index (χ0) is 15.5. The second-order valence-corrected chi connectivity index (χ2v) is 6.18. The summed E-state index contributed by atoms with van der Waals surface area (Å²) < 4.78 is 7.20. The third-order valence-corrected chi connectivity index (χ3v) is 4.71. The van der Waals surface area contributed by atoms with E-state index in [1.807, 2.05) is 4.68 Å². The molecule has 7 heteroatoms. The molecule has 0 radical (unpaired) electrons. The fourth-order valence-electron chi connectivity index (χ4n) is 3.34. The van der Waals surface area contributed by atoms with Crippen molar-refractivity contribution in [1.82, 2.24) is 20.0 Å². The van der Waals surface area contributed by atoms with E-state index in [2.05, 4.69) is 15.3 Å². The van der Waals surface area contributed by atoms with E-state index in [1.165, 1.54) is 0 Å². The lowest BCUT2D eigenvalue weighted by Crippen LogP contribution is -2.47. The molecule has 7 nitrogen and oxygen atoms in total. The lowest BCUT2D eigenvalue weighted by atomic mass is 9.95. The minimum atomic E-state index is -0.349. The zero-order valence-electron chi connectivity index (χ0n) is 12.9. The minimum Gasteiger partial charge on any atom is -0.389 e. The first-order valence-electron chi connectivity index (χ1n) is 7.91.